The SMILES string of the molecule is Brc1ccc(N2CCC[C@H](CN3CCOCC3)C2)nc1. The number of ether oxygens (including phenoxy) is 1. The Kier molecular flexibility index (Phi) is 4.91. The Balaban J connectivity index is 1.57. The molecule has 1 aromatic rings. The van der Waals surface area contributed by atoms with Gasteiger partial charge in [0.15, 0.2) is 0 Å². The molecular weight excluding hydrogens is 318 g/mol. The second-order valence-electron chi connectivity index (χ2n) is 5.70. The number of nitrogens with zero attached hydrogens (tertiary/aromatic N) is 3. The minimum Gasteiger partial charge on any atom is -0.379 e. The molecule has 0 amide bonds. The van der Waals surface area contributed by atoms with Crippen LogP contribution in [0.5, 0.6) is 0 Å². The molecule has 1 aromatic heterocycles. The number of anilines is 1. The van der Waals surface area contributed by atoms with E-state index in [0.717, 1.165) is 55.6 Å². The molecule has 4 nitrogen and oxygen atoms in total. The minimum atomic E-state index is 0.757. The fourth-order valence-electron chi connectivity index (χ4n) is 3.13. The van der Waals surface area contributed by atoms with Gasteiger partial charge >= 0.3 is 0 Å². The van der Waals surface area contributed by atoms with Gasteiger partial charge in [0.2, 0.25) is 0 Å². The number of halogens is 1. The van der Waals surface area contributed by atoms with Crippen molar-refractivity contribution in [2.45, 2.75) is 12.8 Å². The summed E-state index contributed by atoms with van der Waals surface area (Å²) in [6.07, 6.45) is 4.50. The largest absolute Gasteiger partial charge is 0.379 e. The first-order valence-electron chi connectivity index (χ1n) is 7.48. The molecule has 0 radical (unpaired) electrons. The topological polar surface area (TPSA) is 28.6 Å². The Morgan fingerprint density at radius 1 is 1.25 bits per heavy atom. The van der Waals surface area contributed by atoms with Crippen LogP contribution in [-0.2, 0) is 4.74 Å². The van der Waals surface area contributed by atoms with Gasteiger partial charge in [0.25, 0.3) is 0 Å². The first kappa shape index (κ1) is 14.3. The van der Waals surface area contributed by atoms with Gasteiger partial charge in [-0.15, -0.1) is 0 Å². The Labute approximate surface area is 129 Å². The van der Waals surface area contributed by atoms with Crippen LogP contribution < -0.4 is 4.90 Å². The number of aromatic nitrogens is 1. The summed E-state index contributed by atoms with van der Waals surface area (Å²) in [5, 5.41) is 0. The molecule has 0 aliphatic carbocycles. The van der Waals surface area contributed by atoms with Crippen LogP contribution in [-0.4, -0.2) is 55.8 Å². The van der Waals surface area contributed by atoms with Crippen molar-refractivity contribution >= 4 is 21.7 Å². The van der Waals surface area contributed by atoms with Gasteiger partial charge in [-0.2, -0.15) is 0 Å². The van der Waals surface area contributed by atoms with Crippen LogP contribution in [0.15, 0.2) is 22.8 Å². The molecule has 0 unspecified atom stereocenters. The lowest BCUT2D eigenvalue weighted by Crippen LogP contribution is -2.44. The number of hydrogen-bond donors (Lipinski definition) is 0. The summed E-state index contributed by atoms with van der Waals surface area (Å²) in [5.74, 6) is 1.87. The highest BCUT2D eigenvalue weighted by atomic mass is 79.9. The maximum atomic E-state index is 5.42. The zero-order chi connectivity index (χ0) is 13.8. The average Bonchev–Trinajstić information content (AvgIpc) is 2.49. The van der Waals surface area contributed by atoms with Gasteiger partial charge in [-0.05, 0) is 46.8 Å². The molecule has 2 saturated heterocycles. The molecule has 2 aliphatic heterocycles. The fraction of sp³-hybridized carbons (Fsp3) is 0.667. The van der Waals surface area contributed by atoms with Crippen LogP contribution in [0.4, 0.5) is 5.82 Å². The van der Waals surface area contributed by atoms with E-state index in [2.05, 4.69) is 42.8 Å². The first-order chi connectivity index (χ1) is 9.81. The van der Waals surface area contributed by atoms with Crippen molar-refractivity contribution in [2.75, 3.05) is 50.8 Å². The molecule has 5 heteroatoms. The predicted octanol–water partition coefficient (Wildman–Crippen LogP) is 2.39. The summed E-state index contributed by atoms with van der Waals surface area (Å²) in [6.45, 7) is 7.44. The van der Waals surface area contributed by atoms with Crippen molar-refractivity contribution < 1.29 is 4.74 Å². The highest BCUT2D eigenvalue weighted by Gasteiger charge is 2.23. The third-order valence-electron chi connectivity index (χ3n) is 4.17. The number of hydrogen-bond acceptors (Lipinski definition) is 4. The average molecular weight is 340 g/mol. The summed E-state index contributed by atoms with van der Waals surface area (Å²) in [6, 6.07) is 4.19. The molecule has 2 aliphatic rings. The number of piperidine rings is 1. The van der Waals surface area contributed by atoms with E-state index in [-0.39, 0.29) is 0 Å². The van der Waals surface area contributed by atoms with Gasteiger partial charge in [-0.25, -0.2) is 4.98 Å². The van der Waals surface area contributed by atoms with Gasteiger partial charge in [0.1, 0.15) is 5.82 Å². The van der Waals surface area contributed by atoms with Crippen LogP contribution in [0, 0.1) is 5.92 Å². The number of rotatable bonds is 3. The summed E-state index contributed by atoms with van der Waals surface area (Å²) < 4.78 is 6.47. The minimum absolute atomic E-state index is 0.757. The highest BCUT2D eigenvalue weighted by molar-refractivity contribution is 9.10. The van der Waals surface area contributed by atoms with Crippen molar-refractivity contribution in [3.63, 3.8) is 0 Å². The van der Waals surface area contributed by atoms with Crippen molar-refractivity contribution in [2.24, 2.45) is 5.92 Å². The predicted molar refractivity (Wildman–Crippen MR) is 84.1 cm³/mol. The molecule has 0 aromatic carbocycles. The lowest BCUT2D eigenvalue weighted by Gasteiger charge is -2.37. The van der Waals surface area contributed by atoms with Gasteiger partial charge < -0.3 is 9.64 Å². The zero-order valence-corrected chi connectivity index (χ0v) is 13.4. The second-order valence-corrected chi connectivity index (χ2v) is 6.62. The lowest BCUT2D eigenvalue weighted by molar-refractivity contribution is 0.0296. The van der Waals surface area contributed by atoms with Gasteiger partial charge in [0, 0.05) is 43.4 Å². The van der Waals surface area contributed by atoms with Crippen LogP contribution >= 0.6 is 15.9 Å². The summed E-state index contributed by atoms with van der Waals surface area (Å²) in [7, 11) is 0. The molecule has 2 fully saturated rings. The Morgan fingerprint density at radius 3 is 2.85 bits per heavy atom. The van der Waals surface area contributed by atoms with E-state index in [1.807, 2.05) is 6.20 Å². The van der Waals surface area contributed by atoms with Crippen molar-refractivity contribution in [3.8, 4) is 0 Å². The summed E-state index contributed by atoms with van der Waals surface area (Å²) in [4.78, 5) is 9.51. The van der Waals surface area contributed by atoms with Crippen LogP contribution in [0.2, 0.25) is 0 Å². The fourth-order valence-corrected chi connectivity index (χ4v) is 3.36. The van der Waals surface area contributed by atoms with Gasteiger partial charge in [-0.3, -0.25) is 4.90 Å². The molecule has 0 spiro atoms. The normalized spacial score (nSPS) is 24.9. The third kappa shape index (κ3) is 3.71. The van der Waals surface area contributed by atoms with Crippen molar-refractivity contribution in [3.05, 3.63) is 22.8 Å². The van der Waals surface area contributed by atoms with E-state index in [1.54, 1.807) is 0 Å². The molecule has 20 heavy (non-hydrogen) atoms. The monoisotopic (exact) mass is 339 g/mol. The maximum absolute atomic E-state index is 5.42. The number of morpholine rings is 1. The number of pyridine rings is 1. The van der Waals surface area contributed by atoms with Crippen LogP contribution in [0.3, 0.4) is 0 Å². The van der Waals surface area contributed by atoms with E-state index < -0.39 is 0 Å². The molecule has 0 bridgehead atoms. The summed E-state index contributed by atoms with van der Waals surface area (Å²) in [5.41, 5.74) is 0. The molecule has 1 atom stereocenters. The van der Waals surface area contributed by atoms with E-state index in [1.165, 1.54) is 19.4 Å². The Bertz CT molecular complexity index is 420. The van der Waals surface area contributed by atoms with Crippen molar-refractivity contribution in [1.82, 2.24) is 9.88 Å². The molecule has 0 saturated carbocycles. The van der Waals surface area contributed by atoms with E-state index in [0.29, 0.717) is 0 Å². The maximum Gasteiger partial charge on any atom is 0.128 e. The van der Waals surface area contributed by atoms with E-state index in [9.17, 15) is 0 Å². The van der Waals surface area contributed by atoms with Crippen LogP contribution in [0.1, 0.15) is 12.8 Å². The molecule has 3 heterocycles. The van der Waals surface area contributed by atoms with Gasteiger partial charge in [0.05, 0.1) is 13.2 Å². The van der Waals surface area contributed by atoms with Crippen molar-refractivity contribution in [1.29, 1.82) is 0 Å². The Hall–Kier alpha value is -0.650. The van der Waals surface area contributed by atoms with E-state index in [4.69, 9.17) is 4.74 Å². The first-order valence-corrected chi connectivity index (χ1v) is 8.27. The second kappa shape index (κ2) is 6.87. The lowest BCUT2D eigenvalue weighted by atomic mass is 9.97. The molecule has 3 rings (SSSR count). The zero-order valence-electron chi connectivity index (χ0n) is 11.8. The molecular formula is C15H22BrN3O. The molecule has 110 valence electrons. The van der Waals surface area contributed by atoms with E-state index >= 15 is 0 Å². The highest BCUT2D eigenvalue weighted by Crippen LogP contribution is 2.23. The third-order valence-corrected chi connectivity index (χ3v) is 4.64. The smallest absolute Gasteiger partial charge is 0.128 e. The quantitative estimate of drug-likeness (QED) is 0.845. The Morgan fingerprint density at radius 2 is 2.10 bits per heavy atom. The summed E-state index contributed by atoms with van der Waals surface area (Å²) >= 11 is 3.45. The van der Waals surface area contributed by atoms with Crippen LogP contribution in [0.25, 0.3) is 0 Å². The standard InChI is InChI=1S/C15H22BrN3O/c16-14-3-4-15(17-10-14)19-5-1-2-13(12-19)11-18-6-8-20-9-7-18/h3-4,10,13H,1-2,5-9,11-12H2/t13-/m1/s1. The molecule has 0 N–H and O–H groups in total. The van der Waals surface area contributed by atoms with Gasteiger partial charge in [-0.1, -0.05) is 0 Å².